The second kappa shape index (κ2) is 10.5. The molecule has 1 aliphatic rings. The highest BCUT2D eigenvalue weighted by Gasteiger charge is 2.54. The molecule has 1 fully saturated rings. The fourth-order valence-corrected chi connectivity index (χ4v) is 4.55. The molecule has 2 N–H and O–H groups in total. The number of carbonyl (C=O) groups is 1. The number of hydrogen-bond donors (Lipinski definition) is 2. The van der Waals surface area contributed by atoms with Crippen molar-refractivity contribution in [2.24, 2.45) is 0 Å². The largest absolute Gasteiger partial charge is 0.416 e. The number of amides is 1. The van der Waals surface area contributed by atoms with Crippen LogP contribution in [0.3, 0.4) is 0 Å². The number of nitrogens with one attached hydrogen (secondary N) is 1. The topological polar surface area (TPSA) is 73.1 Å². The lowest BCUT2D eigenvalue weighted by Crippen LogP contribution is -2.45. The highest BCUT2D eigenvalue weighted by Crippen LogP contribution is 2.55. The minimum atomic E-state index is -4.68. The minimum Gasteiger partial charge on any atom is -0.379 e. The van der Waals surface area contributed by atoms with Crippen LogP contribution in [0.15, 0.2) is 66.7 Å². The van der Waals surface area contributed by atoms with Gasteiger partial charge in [-0.15, -0.1) is 0 Å². The Morgan fingerprint density at radius 3 is 2.39 bits per heavy atom. The van der Waals surface area contributed by atoms with Gasteiger partial charge in [0.25, 0.3) is 5.91 Å². The predicted octanol–water partition coefficient (Wildman–Crippen LogP) is 6.60. The van der Waals surface area contributed by atoms with Crippen LogP contribution in [-0.4, -0.2) is 16.6 Å². The normalized spacial score (nSPS) is 15.4. The third kappa shape index (κ3) is 5.99. The van der Waals surface area contributed by atoms with Crippen LogP contribution in [0.5, 0.6) is 0 Å². The summed E-state index contributed by atoms with van der Waals surface area (Å²) in [7, 11) is 0. The number of rotatable bonds is 6. The number of alkyl halides is 3. The second-order valence-electron chi connectivity index (χ2n) is 9.29. The first-order valence-corrected chi connectivity index (χ1v) is 12.0. The van der Waals surface area contributed by atoms with Crippen LogP contribution >= 0.6 is 11.6 Å². The molecule has 1 atom stereocenters. The molecule has 1 saturated carbocycles. The Bertz CT molecular complexity index is 1470. The zero-order valence-electron chi connectivity index (χ0n) is 19.9. The summed E-state index contributed by atoms with van der Waals surface area (Å²) < 4.78 is 54.8. The Hall–Kier alpha value is -3.85. The molecule has 0 aliphatic heterocycles. The molecular weight excluding hydrogens is 520 g/mol. The fourth-order valence-electron chi connectivity index (χ4n) is 4.33. The van der Waals surface area contributed by atoms with Crippen molar-refractivity contribution < 1.29 is 27.5 Å². The average Bonchev–Trinajstić information content (AvgIpc) is 3.64. The minimum absolute atomic E-state index is 0.0856. The van der Waals surface area contributed by atoms with E-state index in [2.05, 4.69) is 17.2 Å². The molecule has 1 amide bonds. The van der Waals surface area contributed by atoms with E-state index in [1.807, 2.05) is 6.07 Å². The van der Waals surface area contributed by atoms with Gasteiger partial charge >= 0.3 is 6.18 Å². The van der Waals surface area contributed by atoms with Crippen LogP contribution in [-0.2, 0) is 16.4 Å². The zero-order chi connectivity index (χ0) is 27.6. The number of benzene rings is 3. The van der Waals surface area contributed by atoms with Gasteiger partial charge in [-0.3, -0.25) is 4.79 Å². The summed E-state index contributed by atoms with van der Waals surface area (Å²) in [6, 6.07) is 17.1. The smallest absolute Gasteiger partial charge is 0.379 e. The Morgan fingerprint density at radius 2 is 1.79 bits per heavy atom. The standard InChI is InChI=1S/C29H21ClF4N2O2/c30-24-16-22(10-8-20(24)17-35)36-26(37)28(38,12-4-7-19-5-2-1-3-6-19)18-27(13-14-27)23-15-21(29(32,33)34)9-11-25(23)31/h1-3,5-6,8-11,15-16,38H,12-14,18H2,(H,36,37). The van der Waals surface area contributed by atoms with E-state index >= 15 is 0 Å². The molecule has 4 rings (SSSR count). The highest BCUT2D eigenvalue weighted by molar-refractivity contribution is 6.32. The van der Waals surface area contributed by atoms with Gasteiger partial charge in [-0.1, -0.05) is 41.6 Å². The van der Waals surface area contributed by atoms with Gasteiger partial charge < -0.3 is 10.4 Å². The van der Waals surface area contributed by atoms with Crippen molar-refractivity contribution in [1.82, 2.24) is 0 Å². The molecule has 1 aliphatic carbocycles. The zero-order valence-corrected chi connectivity index (χ0v) is 20.6. The number of nitriles is 1. The van der Waals surface area contributed by atoms with E-state index in [9.17, 15) is 27.5 Å². The van der Waals surface area contributed by atoms with E-state index in [1.54, 1.807) is 30.3 Å². The summed E-state index contributed by atoms with van der Waals surface area (Å²) in [5.74, 6) is 3.93. The fraction of sp³-hybridized carbons (Fsp3) is 0.241. The first-order valence-electron chi connectivity index (χ1n) is 11.6. The maximum Gasteiger partial charge on any atom is 0.416 e. The highest BCUT2D eigenvalue weighted by atomic mass is 35.5. The SMILES string of the molecule is N#Cc1ccc(NC(=O)C(O)(CC#Cc2ccccc2)CC2(c3cc(C(F)(F)F)ccc3F)CC2)cc1Cl. The van der Waals surface area contributed by atoms with Crippen molar-refractivity contribution in [2.45, 2.75) is 42.9 Å². The first kappa shape index (κ1) is 27.2. The van der Waals surface area contributed by atoms with E-state index in [4.69, 9.17) is 16.9 Å². The molecular formula is C29H21ClF4N2O2. The van der Waals surface area contributed by atoms with E-state index in [1.165, 1.54) is 18.2 Å². The Kier molecular flexibility index (Phi) is 7.51. The molecule has 0 spiro atoms. The van der Waals surface area contributed by atoms with E-state index < -0.39 is 34.5 Å². The van der Waals surface area contributed by atoms with Crippen LogP contribution in [0.4, 0.5) is 23.2 Å². The van der Waals surface area contributed by atoms with Crippen molar-refractivity contribution in [2.75, 3.05) is 5.32 Å². The summed E-state index contributed by atoms with van der Waals surface area (Å²) in [5, 5.41) is 23.3. The number of halogens is 5. The Balaban J connectivity index is 1.67. The van der Waals surface area contributed by atoms with Crippen LogP contribution in [0.1, 0.15) is 47.9 Å². The maximum absolute atomic E-state index is 14.8. The molecule has 1 unspecified atom stereocenters. The van der Waals surface area contributed by atoms with Gasteiger partial charge in [0.2, 0.25) is 0 Å². The van der Waals surface area contributed by atoms with E-state index in [0.29, 0.717) is 11.6 Å². The van der Waals surface area contributed by atoms with Gasteiger partial charge in [0, 0.05) is 23.1 Å². The summed E-state index contributed by atoms with van der Waals surface area (Å²) in [5.41, 5.74) is -3.54. The number of nitrogens with zero attached hydrogens (tertiary/aromatic N) is 1. The molecule has 0 heterocycles. The molecule has 3 aromatic rings. The predicted molar refractivity (Wildman–Crippen MR) is 135 cm³/mol. The summed E-state index contributed by atoms with van der Waals surface area (Å²) >= 11 is 6.05. The van der Waals surface area contributed by atoms with Crippen molar-refractivity contribution in [3.05, 3.63) is 99.8 Å². The lowest BCUT2D eigenvalue weighted by molar-refractivity contribution is -0.138. The number of hydrogen-bond acceptors (Lipinski definition) is 3. The van der Waals surface area contributed by atoms with Crippen molar-refractivity contribution in [3.8, 4) is 17.9 Å². The van der Waals surface area contributed by atoms with Crippen LogP contribution in [0.25, 0.3) is 0 Å². The molecule has 0 radical (unpaired) electrons. The van der Waals surface area contributed by atoms with Crippen LogP contribution < -0.4 is 5.32 Å². The number of carbonyl (C=O) groups excluding carboxylic acids is 1. The number of aliphatic hydroxyl groups is 1. The van der Waals surface area contributed by atoms with Crippen LogP contribution in [0, 0.1) is 29.0 Å². The maximum atomic E-state index is 14.8. The quantitative estimate of drug-likeness (QED) is 0.273. The molecule has 0 bridgehead atoms. The molecule has 0 aromatic heterocycles. The Morgan fingerprint density at radius 1 is 1.08 bits per heavy atom. The van der Waals surface area contributed by atoms with Gasteiger partial charge in [0.15, 0.2) is 5.60 Å². The van der Waals surface area contributed by atoms with Gasteiger partial charge in [-0.25, -0.2) is 4.39 Å². The summed E-state index contributed by atoms with van der Waals surface area (Å²) in [6.45, 7) is 0. The van der Waals surface area contributed by atoms with E-state index in [0.717, 1.165) is 12.1 Å². The van der Waals surface area contributed by atoms with Crippen molar-refractivity contribution >= 4 is 23.2 Å². The molecule has 194 valence electrons. The lowest BCUT2D eigenvalue weighted by atomic mass is 9.80. The average molecular weight is 541 g/mol. The van der Waals surface area contributed by atoms with Gasteiger partial charge in [0.05, 0.1) is 16.1 Å². The van der Waals surface area contributed by atoms with E-state index in [-0.39, 0.29) is 47.5 Å². The van der Waals surface area contributed by atoms with Gasteiger partial charge in [-0.2, -0.15) is 18.4 Å². The van der Waals surface area contributed by atoms with Crippen molar-refractivity contribution in [1.29, 1.82) is 5.26 Å². The molecule has 0 saturated heterocycles. The first-order chi connectivity index (χ1) is 18.0. The Labute approximate surface area is 221 Å². The van der Waals surface area contributed by atoms with Gasteiger partial charge in [-0.05, 0) is 73.4 Å². The molecule has 3 aromatic carbocycles. The second-order valence-corrected chi connectivity index (χ2v) is 9.69. The molecule has 9 heteroatoms. The van der Waals surface area contributed by atoms with Crippen LogP contribution in [0.2, 0.25) is 5.02 Å². The lowest BCUT2D eigenvalue weighted by Gasteiger charge is -2.30. The van der Waals surface area contributed by atoms with Crippen molar-refractivity contribution in [3.63, 3.8) is 0 Å². The summed E-state index contributed by atoms with van der Waals surface area (Å²) in [6.07, 6.45) is -4.81. The monoisotopic (exact) mass is 540 g/mol. The third-order valence-corrected chi connectivity index (χ3v) is 6.82. The van der Waals surface area contributed by atoms with Gasteiger partial charge in [0.1, 0.15) is 11.9 Å². The third-order valence-electron chi connectivity index (χ3n) is 6.51. The number of anilines is 1. The summed E-state index contributed by atoms with van der Waals surface area (Å²) in [4.78, 5) is 13.4. The molecule has 4 nitrogen and oxygen atoms in total. The molecule has 38 heavy (non-hydrogen) atoms.